The first kappa shape index (κ1) is 19.1. The van der Waals surface area contributed by atoms with E-state index in [9.17, 15) is 19.8 Å². The predicted molar refractivity (Wildman–Crippen MR) is 109 cm³/mol. The molecule has 0 saturated heterocycles. The Morgan fingerprint density at radius 2 is 1.21 bits per heavy atom. The van der Waals surface area contributed by atoms with Crippen molar-refractivity contribution in [3.8, 4) is 11.8 Å². The first-order valence-corrected chi connectivity index (χ1v) is 8.44. The lowest BCUT2D eigenvalue weighted by molar-refractivity contribution is 0.448. The lowest BCUT2D eigenvalue weighted by Crippen LogP contribution is -2.13. The summed E-state index contributed by atoms with van der Waals surface area (Å²) in [6, 6.07) is 6.52. The van der Waals surface area contributed by atoms with Gasteiger partial charge in [0.05, 0.1) is 11.4 Å². The van der Waals surface area contributed by atoms with Crippen molar-refractivity contribution in [2.75, 3.05) is 0 Å². The molecule has 1 aromatic carbocycles. The van der Waals surface area contributed by atoms with Gasteiger partial charge in [-0.3, -0.25) is 29.5 Å². The average Bonchev–Trinajstić information content (AvgIpc) is 2.60. The normalized spacial score (nSPS) is 11.4. The number of benzene rings is 1. The topological polar surface area (TPSA) is 162 Å². The summed E-state index contributed by atoms with van der Waals surface area (Å²) in [7, 11) is 0. The first-order valence-electron chi connectivity index (χ1n) is 7.63. The van der Waals surface area contributed by atoms with Crippen molar-refractivity contribution < 1.29 is 10.2 Å². The second-order valence-corrected chi connectivity index (χ2v) is 6.19. The monoisotopic (exact) mass is 416 g/mol. The van der Waals surface area contributed by atoms with Gasteiger partial charge in [0.25, 0.3) is 11.1 Å². The number of hydrogen-bond acceptors (Lipinski definition) is 8. The minimum Gasteiger partial charge on any atom is -0.494 e. The highest BCUT2D eigenvalue weighted by Crippen LogP contribution is 2.21. The number of rotatable bonds is 4. The second kappa shape index (κ2) is 7.94. The van der Waals surface area contributed by atoms with Gasteiger partial charge in [0.2, 0.25) is 11.8 Å². The van der Waals surface area contributed by atoms with Gasteiger partial charge in [0.1, 0.15) is 11.1 Å². The van der Waals surface area contributed by atoms with Gasteiger partial charge in [0.15, 0.2) is 9.54 Å². The molecule has 142 valence electrons. The Kier molecular flexibility index (Phi) is 5.42. The Bertz CT molecular complexity index is 1230. The van der Waals surface area contributed by atoms with E-state index in [2.05, 4.69) is 29.9 Å². The maximum Gasteiger partial charge on any atom is 0.264 e. The molecule has 0 unspecified atom stereocenters. The Labute approximate surface area is 166 Å². The van der Waals surface area contributed by atoms with Gasteiger partial charge >= 0.3 is 0 Å². The van der Waals surface area contributed by atoms with Crippen LogP contribution in [0.4, 0.5) is 11.4 Å². The zero-order valence-corrected chi connectivity index (χ0v) is 15.5. The van der Waals surface area contributed by atoms with Gasteiger partial charge in [-0.1, -0.05) is 6.07 Å². The SMILES string of the molecule is O=c1[nH]c(=S)[nH]c(O)c1C=Nc1cccc(N=Cc2c(O)[nH]c(=S)[nH]c2=O)c1. The van der Waals surface area contributed by atoms with Crippen LogP contribution in [0.15, 0.2) is 43.8 Å². The van der Waals surface area contributed by atoms with Crippen LogP contribution in [0.5, 0.6) is 11.8 Å². The molecule has 0 aliphatic rings. The first-order chi connectivity index (χ1) is 13.3. The molecule has 12 heteroatoms. The van der Waals surface area contributed by atoms with E-state index in [1.54, 1.807) is 24.3 Å². The summed E-state index contributed by atoms with van der Waals surface area (Å²) in [4.78, 5) is 41.4. The summed E-state index contributed by atoms with van der Waals surface area (Å²) in [6.45, 7) is 0. The lowest BCUT2D eigenvalue weighted by Gasteiger charge is -1.99. The van der Waals surface area contributed by atoms with Crippen molar-refractivity contribution in [1.82, 2.24) is 19.9 Å². The molecule has 3 aromatic rings. The van der Waals surface area contributed by atoms with Gasteiger partial charge < -0.3 is 20.2 Å². The molecule has 0 saturated carbocycles. The molecule has 6 N–H and O–H groups in total. The molecule has 0 radical (unpaired) electrons. The zero-order chi connectivity index (χ0) is 20.3. The summed E-state index contributed by atoms with van der Waals surface area (Å²) in [6.07, 6.45) is 2.35. The molecule has 2 aromatic heterocycles. The standard InChI is InChI=1S/C16H12N6O4S2/c23-11-9(12(24)20-15(27)19-11)5-17-7-2-1-3-8(4-7)18-6-10-13(25)21-16(28)22-14(10)26/h1-6H,(H3,19,20,23,24,27)(H3,21,22,25,26,28). The Hall–Kier alpha value is -3.64. The number of aromatic amines is 4. The summed E-state index contributed by atoms with van der Waals surface area (Å²) in [5.74, 6) is -0.800. The summed E-state index contributed by atoms with van der Waals surface area (Å²) in [5, 5.41) is 19.5. The van der Waals surface area contributed by atoms with E-state index in [4.69, 9.17) is 24.4 Å². The third-order valence-corrected chi connectivity index (χ3v) is 3.84. The molecule has 0 bridgehead atoms. The molecule has 10 nitrogen and oxygen atoms in total. The lowest BCUT2D eigenvalue weighted by atomic mass is 10.2. The van der Waals surface area contributed by atoms with Gasteiger partial charge in [0, 0.05) is 12.4 Å². The van der Waals surface area contributed by atoms with Crippen LogP contribution in [0, 0.1) is 9.54 Å². The Balaban J connectivity index is 1.90. The number of nitrogens with one attached hydrogen (secondary N) is 4. The molecule has 0 atom stereocenters. The maximum absolute atomic E-state index is 11.8. The number of H-pyrrole nitrogens is 4. The molecule has 28 heavy (non-hydrogen) atoms. The van der Waals surface area contributed by atoms with Crippen LogP contribution >= 0.6 is 24.4 Å². The summed E-state index contributed by atoms with van der Waals surface area (Å²) < 4.78 is -0.00825. The smallest absolute Gasteiger partial charge is 0.264 e. The fraction of sp³-hybridized carbons (Fsp3) is 0. The molecular weight excluding hydrogens is 404 g/mol. The maximum atomic E-state index is 11.8. The number of aliphatic imine (C=N–C) groups is 2. The van der Waals surface area contributed by atoms with E-state index in [-0.39, 0.29) is 20.7 Å². The van der Waals surface area contributed by atoms with Crippen molar-refractivity contribution in [2.24, 2.45) is 9.98 Å². The summed E-state index contributed by atoms with van der Waals surface area (Å²) in [5.41, 5.74) is -0.481. The van der Waals surface area contributed by atoms with E-state index in [1.807, 2.05) is 0 Å². The number of nitrogens with zero attached hydrogens (tertiary/aromatic N) is 2. The third-order valence-electron chi connectivity index (χ3n) is 3.43. The fourth-order valence-electron chi connectivity index (χ4n) is 2.14. The largest absolute Gasteiger partial charge is 0.494 e. The van der Waals surface area contributed by atoms with E-state index >= 15 is 0 Å². The Morgan fingerprint density at radius 3 is 1.61 bits per heavy atom. The van der Waals surface area contributed by atoms with Crippen LogP contribution in [0.25, 0.3) is 0 Å². The minimum absolute atomic E-state index is 0.00413. The van der Waals surface area contributed by atoms with Crippen LogP contribution in [0.1, 0.15) is 11.1 Å². The van der Waals surface area contributed by atoms with Crippen molar-refractivity contribution in [2.45, 2.75) is 0 Å². The quantitative estimate of drug-likeness (QED) is 0.282. The van der Waals surface area contributed by atoms with Gasteiger partial charge in [-0.25, -0.2) is 0 Å². The highest BCUT2D eigenvalue weighted by atomic mass is 32.1. The van der Waals surface area contributed by atoms with Crippen LogP contribution in [0.2, 0.25) is 0 Å². The number of aromatic nitrogens is 4. The number of hydrogen-bond donors (Lipinski definition) is 6. The molecule has 0 aliphatic carbocycles. The van der Waals surface area contributed by atoms with Crippen molar-refractivity contribution in [3.05, 3.63) is 65.6 Å². The molecule has 2 heterocycles. The minimum atomic E-state index is -0.588. The molecule has 3 rings (SSSR count). The zero-order valence-electron chi connectivity index (χ0n) is 13.9. The highest BCUT2D eigenvalue weighted by Gasteiger charge is 2.05. The molecule has 0 spiro atoms. The van der Waals surface area contributed by atoms with Crippen molar-refractivity contribution in [1.29, 1.82) is 0 Å². The summed E-state index contributed by atoms with van der Waals surface area (Å²) >= 11 is 9.51. The predicted octanol–water partition coefficient (Wildman–Crippen LogP) is 2.09. The van der Waals surface area contributed by atoms with Crippen LogP contribution in [-0.2, 0) is 0 Å². The van der Waals surface area contributed by atoms with Crippen LogP contribution in [-0.4, -0.2) is 42.6 Å². The van der Waals surface area contributed by atoms with E-state index in [0.29, 0.717) is 11.4 Å². The second-order valence-electron chi connectivity index (χ2n) is 5.38. The third kappa shape index (κ3) is 4.36. The van der Waals surface area contributed by atoms with Gasteiger partial charge in [-0.2, -0.15) is 0 Å². The van der Waals surface area contributed by atoms with E-state index < -0.39 is 22.9 Å². The van der Waals surface area contributed by atoms with Crippen molar-refractivity contribution in [3.63, 3.8) is 0 Å². The highest BCUT2D eigenvalue weighted by molar-refractivity contribution is 7.71. The van der Waals surface area contributed by atoms with Gasteiger partial charge in [-0.15, -0.1) is 0 Å². The van der Waals surface area contributed by atoms with Gasteiger partial charge in [-0.05, 0) is 42.6 Å². The Morgan fingerprint density at radius 1 is 0.786 bits per heavy atom. The molecule has 0 amide bonds. The van der Waals surface area contributed by atoms with E-state index in [0.717, 1.165) is 0 Å². The fourth-order valence-corrected chi connectivity index (χ4v) is 2.52. The number of aromatic hydroxyl groups is 2. The average molecular weight is 416 g/mol. The molecule has 0 fully saturated rings. The van der Waals surface area contributed by atoms with Crippen LogP contribution in [0.3, 0.4) is 0 Å². The van der Waals surface area contributed by atoms with E-state index in [1.165, 1.54) is 12.4 Å². The molecular formula is C16H12N6O4S2. The van der Waals surface area contributed by atoms with Crippen molar-refractivity contribution >= 4 is 48.2 Å². The molecule has 0 aliphatic heterocycles. The van der Waals surface area contributed by atoms with Crippen LogP contribution < -0.4 is 11.1 Å².